The van der Waals surface area contributed by atoms with Gasteiger partial charge < -0.3 is 15.0 Å². The number of sulfonamides is 1. The van der Waals surface area contributed by atoms with Crippen molar-refractivity contribution in [3.05, 3.63) is 89.2 Å². The first-order chi connectivity index (χ1) is 20.6. The normalized spacial score (nSPS) is 14.5. The molecule has 3 aromatic rings. The first-order valence-electron chi connectivity index (χ1n) is 14.4. The molecule has 1 fully saturated rings. The van der Waals surface area contributed by atoms with Gasteiger partial charge in [0.05, 0.1) is 17.2 Å². The van der Waals surface area contributed by atoms with Gasteiger partial charge in [0.2, 0.25) is 11.8 Å². The molecule has 4 rings (SSSR count). The maximum atomic E-state index is 14.0. The lowest BCUT2D eigenvalue weighted by Gasteiger charge is -2.33. The number of amides is 2. The van der Waals surface area contributed by atoms with Crippen LogP contribution in [-0.4, -0.2) is 50.4 Å². The van der Waals surface area contributed by atoms with Crippen LogP contribution in [0.15, 0.2) is 77.7 Å². The van der Waals surface area contributed by atoms with Gasteiger partial charge in [0.15, 0.2) is 0 Å². The van der Waals surface area contributed by atoms with Crippen molar-refractivity contribution in [1.82, 2.24) is 10.2 Å². The molecule has 0 radical (unpaired) electrons. The summed E-state index contributed by atoms with van der Waals surface area (Å²) in [5, 5.41) is 3.59. The van der Waals surface area contributed by atoms with E-state index in [2.05, 4.69) is 5.32 Å². The molecule has 0 saturated heterocycles. The Hall–Kier alpha value is -3.63. The minimum atomic E-state index is -4.28. The van der Waals surface area contributed by atoms with E-state index in [1.54, 1.807) is 31.2 Å². The van der Waals surface area contributed by atoms with Gasteiger partial charge in [-0.2, -0.15) is 0 Å². The number of halogens is 2. The van der Waals surface area contributed by atoms with E-state index in [-0.39, 0.29) is 29.1 Å². The monoisotopic (exact) mass is 629 g/mol. The summed E-state index contributed by atoms with van der Waals surface area (Å²) in [5.74, 6) is -0.958. The number of hydrogen-bond acceptors (Lipinski definition) is 5. The van der Waals surface area contributed by atoms with Crippen LogP contribution in [0.3, 0.4) is 0 Å². The van der Waals surface area contributed by atoms with Crippen LogP contribution >= 0.6 is 11.6 Å². The smallest absolute Gasteiger partial charge is 0.264 e. The highest BCUT2D eigenvalue weighted by atomic mass is 35.5. The third kappa shape index (κ3) is 8.48. The van der Waals surface area contributed by atoms with Crippen molar-refractivity contribution in [2.75, 3.05) is 17.5 Å². The third-order valence-electron chi connectivity index (χ3n) is 7.50. The lowest BCUT2D eigenvalue weighted by atomic mass is 9.95. The molecule has 1 aliphatic carbocycles. The van der Waals surface area contributed by atoms with Crippen molar-refractivity contribution >= 4 is 39.1 Å². The number of nitrogens with one attached hydrogen (secondary N) is 1. The molecular weight excluding hydrogens is 593 g/mol. The van der Waals surface area contributed by atoms with Gasteiger partial charge >= 0.3 is 0 Å². The summed E-state index contributed by atoms with van der Waals surface area (Å²) in [7, 11) is -4.28. The summed E-state index contributed by atoms with van der Waals surface area (Å²) in [6.07, 6.45) is 4.95. The van der Waals surface area contributed by atoms with Gasteiger partial charge in [-0.3, -0.25) is 13.9 Å². The molecule has 2 amide bonds. The second-order valence-corrected chi connectivity index (χ2v) is 12.9. The largest absolute Gasteiger partial charge is 0.494 e. The molecule has 0 aliphatic heterocycles. The van der Waals surface area contributed by atoms with Crippen LogP contribution in [0, 0.1) is 5.82 Å². The standard InChI is InChI=1S/C32H37ClFN3O5S/c1-3-42-29-17-19-30(20-18-29)43(40,41)37(28-15-13-26(34)14-16-28)22-31(38)36(21-24-9-11-25(33)12-10-24)23(2)32(39)35-27-7-5-4-6-8-27/h9-20,23,27H,3-8,21-22H2,1-2H3,(H,35,39). The summed E-state index contributed by atoms with van der Waals surface area (Å²) in [5.41, 5.74) is 0.826. The minimum Gasteiger partial charge on any atom is -0.494 e. The average molecular weight is 630 g/mol. The molecule has 43 heavy (non-hydrogen) atoms. The third-order valence-corrected chi connectivity index (χ3v) is 9.54. The van der Waals surface area contributed by atoms with Crippen LogP contribution in [0.4, 0.5) is 10.1 Å². The Morgan fingerprint density at radius 3 is 2.21 bits per heavy atom. The van der Waals surface area contributed by atoms with E-state index >= 15 is 0 Å². The Kier molecular flexibility index (Phi) is 11.0. The molecule has 1 unspecified atom stereocenters. The fourth-order valence-corrected chi connectivity index (χ4v) is 6.62. The number of carbonyl (C=O) groups is 2. The second kappa shape index (κ2) is 14.7. The lowest BCUT2D eigenvalue weighted by molar-refractivity contribution is -0.139. The molecule has 3 aromatic carbocycles. The molecule has 11 heteroatoms. The number of carbonyl (C=O) groups excluding carboxylic acids is 2. The molecule has 1 saturated carbocycles. The van der Waals surface area contributed by atoms with Crippen LogP contribution < -0.4 is 14.4 Å². The summed E-state index contributed by atoms with van der Waals surface area (Å²) < 4.78 is 48.1. The summed E-state index contributed by atoms with van der Waals surface area (Å²) in [4.78, 5) is 28.7. The van der Waals surface area contributed by atoms with Crippen LogP contribution in [0.1, 0.15) is 51.5 Å². The van der Waals surface area contributed by atoms with Gasteiger partial charge in [0.25, 0.3) is 10.0 Å². The maximum absolute atomic E-state index is 14.0. The number of hydrogen-bond donors (Lipinski definition) is 1. The van der Waals surface area contributed by atoms with E-state index in [4.69, 9.17) is 16.3 Å². The predicted octanol–water partition coefficient (Wildman–Crippen LogP) is 5.94. The van der Waals surface area contributed by atoms with Crippen molar-refractivity contribution in [3.63, 3.8) is 0 Å². The highest BCUT2D eigenvalue weighted by Gasteiger charge is 2.33. The Morgan fingerprint density at radius 2 is 1.60 bits per heavy atom. The molecule has 1 atom stereocenters. The molecule has 1 N–H and O–H groups in total. The first-order valence-corrected chi connectivity index (χ1v) is 16.3. The van der Waals surface area contributed by atoms with E-state index < -0.39 is 34.3 Å². The molecule has 0 spiro atoms. The van der Waals surface area contributed by atoms with Gasteiger partial charge in [-0.25, -0.2) is 12.8 Å². The van der Waals surface area contributed by atoms with Gasteiger partial charge in [-0.1, -0.05) is 43.0 Å². The maximum Gasteiger partial charge on any atom is 0.264 e. The van der Waals surface area contributed by atoms with Crippen molar-refractivity contribution in [2.24, 2.45) is 0 Å². The number of ether oxygens (including phenoxy) is 1. The fraction of sp³-hybridized carbons (Fsp3) is 0.375. The highest BCUT2D eigenvalue weighted by Crippen LogP contribution is 2.27. The average Bonchev–Trinajstić information content (AvgIpc) is 3.00. The Bertz CT molecular complexity index is 1480. The van der Waals surface area contributed by atoms with Gasteiger partial charge in [0, 0.05) is 17.6 Å². The SMILES string of the molecule is CCOc1ccc(S(=O)(=O)N(CC(=O)N(Cc2ccc(Cl)cc2)C(C)C(=O)NC2CCCCC2)c2ccc(F)cc2)cc1. The van der Waals surface area contributed by atoms with Crippen LogP contribution in [0.2, 0.25) is 5.02 Å². The number of benzene rings is 3. The van der Waals surface area contributed by atoms with E-state index in [1.165, 1.54) is 41.3 Å². The topological polar surface area (TPSA) is 96.0 Å². The Labute approximate surface area is 257 Å². The molecule has 1 aliphatic rings. The van der Waals surface area contributed by atoms with Crippen molar-refractivity contribution in [3.8, 4) is 5.75 Å². The summed E-state index contributed by atoms with van der Waals surface area (Å²) in [6.45, 7) is 3.30. The zero-order chi connectivity index (χ0) is 31.0. The summed E-state index contributed by atoms with van der Waals surface area (Å²) >= 11 is 6.06. The second-order valence-electron chi connectivity index (χ2n) is 10.6. The summed E-state index contributed by atoms with van der Waals surface area (Å²) in [6, 6.07) is 16.7. The number of anilines is 1. The lowest BCUT2D eigenvalue weighted by Crippen LogP contribution is -2.53. The van der Waals surface area contributed by atoms with Gasteiger partial charge in [-0.05, 0) is 92.9 Å². The molecule has 0 heterocycles. The van der Waals surface area contributed by atoms with Gasteiger partial charge in [-0.15, -0.1) is 0 Å². The Balaban J connectivity index is 1.66. The van der Waals surface area contributed by atoms with Crippen molar-refractivity contribution < 1.29 is 27.1 Å². The van der Waals surface area contributed by atoms with E-state index in [0.717, 1.165) is 54.1 Å². The van der Waals surface area contributed by atoms with Crippen molar-refractivity contribution in [2.45, 2.75) is 69.5 Å². The molecule has 0 aromatic heterocycles. The van der Waals surface area contributed by atoms with E-state index in [1.807, 2.05) is 6.92 Å². The van der Waals surface area contributed by atoms with Crippen LogP contribution in [-0.2, 0) is 26.2 Å². The molecule has 0 bridgehead atoms. The highest BCUT2D eigenvalue weighted by molar-refractivity contribution is 7.92. The first kappa shape index (κ1) is 32.3. The van der Waals surface area contributed by atoms with E-state index in [0.29, 0.717) is 17.4 Å². The predicted molar refractivity (Wildman–Crippen MR) is 165 cm³/mol. The van der Waals surface area contributed by atoms with Crippen LogP contribution in [0.5, 0.6) is 5.75 Å². The molecule has 230 valence electrons. The zero-order valence-corrected chi connectivity index (χ0v) is 25.9. The van der Waals surface area contributed by atoms with Crippen LogP contribution in [0.25, 0.3) is 0 Å². The van der Waals surface area contributed by atoms with Crippen molar-refractivity contribution in [1.29, 1.82) is 0 Å². The molecule has 8 nitrogen and oxygen atoms in total. The zero-order valence-electron chi connectivity index (χ0n) is 24.3. The number of rotatable bonds is 12. The Morgan fingerprint density at radius 1 is 0.977 bits per heavy atom. The number of nitrogens with zero attached hydrogens (tertiary/aromatic N) is 2. The van der Waals surface area contributed by atoms with Gasteiger partial charge in [0.1, 0.15) is 24.2 Å². The quantitative estimate of drug-likeness (QED) is 0.268. The fourth-order valence-electron chi connectivity index (χ4n) is 5.08. The minimum absolute atomic E-state index is 0.0342. The van der Waals surface area contributed by atoms with E-state index in [9.17, 15) is 22.4 Å². The molecular formula is C32H37ClFN3O5S.